The molecule has 0 fully saturated rings. The molecule has 3 aromatic carbocycles. The van der Waals surface area contributed by atoms with E-state index in [1.165, 1.54) is 55.6 Å². The number of carbonyl (C=O) groups excluding carboxylic acids is 2. The minimum absolute atomic E-state index is 0.0366. The zero-order valence-corrected chi connectivity index (χ0v) is 21.2. The van der Waals surface area contributed by atoms with Crippen molar-refractivity contribution in [3.05, 3.63) is 92.0 Å². The van der Waals surface area contributed by atoms with Crippen LogP contribution in [-0.4, -0.2) is 35.7 Å². The van der Waals surface area contributed by atoms with Gasteiger partial charge in [-0.3, -0.25) is 14.9 Å². The Hall–Kier alpha value is -4.15. The Morgan fingerprint density at radius 2 is 1.84 bits per heavy atom. The number of benzene rings is 3. The summed E-state index contributed by atoms with van der Waals surface area (Å²) >= 11 is 12.0. The zero-order valence-electron chi connectivity index (χ0n) is 19.6. The topological polar surface area (TPSA) is 129 Å². The summed E-state index contributed by atoms with van der Waals surface area (Å²) < 4.78 is 16.4. The molecule has 1 unspecified atom stereocenters. The standard InChI is InChI=1S/C25H21Cl2N3O7/c1-3-35-23-12-16(8-11-22(23)37-25(32)18-10-9-17(26)13-19(18)27)14-28-29-24(31)15(2)36-21-7-5-4-6-20(21)30(33)34/h4-15H,3H2,1-2H3,(H,29,31). The van der Waals surface area contributed by atoms with E-state index in [0.29, 0.717) is 17.2 Å². The summed E-state index contributed by atoms with van der Waals surface area (Å²) in [6, 6.07) is 14.8. The minimum atomic E-state index is -1.06. The number of nitrogens with one attached hydrogen (secondary N) is 1. The highest BCUT2D eigenvalue weighted by atomic mass is 35.5. The molecule has 1 atom stereocenters. The lowest BCUT2D eigenvalue weighted by Gasteiger charge is -2.13. The van der Waals surface area contributed by atoms with E-state index in [1.807, 2.05) is 0 Å². The summed E-state index contributed by atoms with van der Waals surface area (Å²) in [6.45, 7) is 3.50. The Morgan fingerprint density at radius 1 is 1.08 bits per heavy atom. The number of nitro groups is 1. The number of ether oxygens (including phenoxy) is 3. The van der Waals surface area contributed by atoms with E-state index in [4.69, 9.17) is 37.4 Å². The molecule has 3 aromatic rings. The summed E-state index contributed by atoms with van der Waals surface area (Å²) in [5, 5.41) is 15.5. The highest BCUT2D eigenvalue weighted by Gasteiger charge is 2.20. The van der Waals surface area contributed by atoms with E-state index < -0.39 is 22.9 Å². The summed E-state index contributed by atoms with van der Waals surface area (Å²) in [5.41, 5.74) is 2.72. The number of halogens is 2. The maximum Gasteiger partial charge on any atom is 0.345 e. The third-order valence-electron chi connectivity index (χ3n) is 4.74. The third-order valence-corrected chi connectivity index (χ3v) is 5.29. The fourth-order valence-electron chi connectivity index (χ4n) is 2.98. The molecule has 0 spiro atoms. The van der Waals surface area contributed by atoms with Gasteiger partial charge in [0.05, 0.1) is 28.3 Å². The Balaban J connectivity index is 1.66. The molecule has 0 aliphatic heterocycles. The maximum absolute atomic E-state index is 12.6. The number of nitro benzene ring substituents is 1. The van der Waals surface area contributed by atoms with Gasteiger partial charge in [-0.25, -0.2) is 10.2 Å². The van der Waals surface area contributed by atoms with Gasteiger partial charge in [0, 0.05) is 11.1 Å². The first-order valence-electron chi connectivity index (χ1n) is 10.9. The second-order valence-corrected chi connectivity index (χ2v) is 8.22. The Kier molecular flexibility index (Phi) is 9.42. The van der Waals surface area contributed by atoms with Crippen molar-refractivity contribution >= 4 is 47.0 Å². The van der Waals surface area contributed by atoms with Gasteiger partial charge in [0.1, 0.15) is 0 Å². The quantitative estimate of drug-likeness (QED) is 0.118. The SMILES string of the molecule is CCOc1cc(C=NNC(=O)C(C)Oc2ccccc2[N+](=O)[O-])ccc1OC(=O)c1ccc(Cl)cc1Cl. The molecule has 0 saturated heterocycles. The predicted octanol–water partition coefficient (Wildman–Crippen LogP) is 5.44. The average molecular weight is 546 g/mol. The maximum atomic E-state index is 12.6. The molecule has 0 radical (unpaired) electrons. The molecule has 192 valence electrons. The van der Waals surface area contributed by atoms with Crippen LogP contribution in [0.3, 0.4) is 0 Å². The second-order valence-electron chi connectivity index (χ2n) is 7.37. The Bertz CT molecular complexity index is 1350. The largest absolute Gasteiger partial charge is 0.490 e. The fourth-order valence-corrected chi connectivity index (χ4v) is 3.47. The number of rotatable bonds is 10. The first kappa shape index (κ1) is 27.4. The summed E-state index contributed by atoms with van der Waals surface area (Å²) in [7, 11) is 0. The van der Waals surface area contributed by atoms with Crippen LogP contribution in [-0.2, 0) is 4.79 Å². The monoisotopic (exact) mass is 545 g/mol. The highest BCUT2D eigenvalue weighted by Crippen LogP contribution is 2.30. The van der Waals surface area contributed by atoms with Crippen molar-refractivity contribution in [2.45, 2.75) is 20.0 Å². The van der Waals surface area contributed by atoms with Gasteiger partial charge in [-0.1, -0.05) is 35.3 Å². The lowest BCUT2D eigenvalue weighted by Crippen LogP contribution is -2.33. The number of hydrogen-bond donors (Lipinski definition) is 1. The van der Waals surface area contributed by atoms with Gasteiger partial charge in [-0.2, -0.15) is 5.10 Å². The lowest BCUT2D eigenvalue weighted by atomic mass is 10.2. The number of para-hydroxylation sites is 2. The molecule has 37 heavy (non-hydrogen) atoms. The molecule has 0 aromatic heterocycles. The van der Waals surface area contributed by atoms with Gasteiger partial charge in [-0.15, -0.1) is 0 Å². The van der Waals surface area contributed by atoms with Crippen LogP contribution in [0.4, 0.5) is 5.69 Å². The minimum Gasteiger partial charge on any atom is -0.490 e. The number of hydrogen-bond acceptors (Lipinski definition) is 8. The van der Waals surface area contributed by atoms with Gasteiger partial charge in [0.25, 0.3) is 5.91 Å². The van der Waals surface area contributed by atoms with Gasteiger partial charge >= 0.3 is 11.7 Å². The van der Waals surface area contributed by atoms with Crippen LogP contribution in [0.2, 0.25) is 10.0 Å². The van der Waals surface area contributed by atoms with Gasteiger partial charge in [0.2, 0.25) is 0 Å². The smallest absolute Gasteiger partial charge is 0.345 e. The molecule has 12 heteroatoms. The molecule has 1 amide bonds. The van der Waals surface area contributed by atoms with Crippen LogP contribution in [0.1, 0.15) is 29.8 Å². The molecule has 3 rings (SSSR count). The summed E-state index contributed by atoms with van der Waals surface area (Å²) in [6.07, 6.45) is 0.290. The van der Waals surface area contributed by atoms with E-state index in [9.17, 15) is 19.7 Å². The van der Waals surface area contributed by atoms with Crippen molar-refractivity contribution in [3.8, 4) is 17.2 Å². The van der Waals surface area contributed by atoms with E-state index in [1.54, 1.807) is 25.1 Å². The predicted molar refractivity (Wildman–Crippen MR) is 138 cm³/mol. The normalized spacial score (nSPS) is 11.6. The molecule has 0 heterocycles. The fraction of sp³-hybridized carbons (Fsp3) is 0.160. The zero-order chi connectivity index (χ0) is 26.9. The molecule has 10 nitrogen and oxygen atoms in total. The van der Waals surface area contributed by atoms with Crippen LogP contribution >= 0.6 is 23.2 Å². The molecule has 0 saturated carbocycles. The van der Waals surface area contributed by atoms with E-state index >= 15 is 0 Å². The van der Waals surface area contributed by atoms with Crippen molar-refractivity contribution in [1.82, 2.24) is 5.43 Å². The van der Waals surface area contributed by atoms with E-state index in [-0.39, 0.29) is 33.5 Å². The van der Waals surface area contributed by atoms with Crippen LogP contribution in [0.25, 0.3) is 0 Å². The first-order valence-corrected chi connectivity index (χ1v) is 11.6. The number of hydrazone groups is 1. The number of carbonyl (C=O) groups is 2. The van der Waals surface area contributed by atoms with E-state index in [2.05, 4.69) is 10.5 Å². The van der Waals surface area contributed by atoms with Gasteiger partial charge < -0.3 is 14.2 Å². The highest BCUT2D eigenvalue weighted by molar-refractivity contribution is 6.36. The average Bonchev–Trinajstić information content (AvgIpc) is 2.85. The number of nitrogens with zero attached hydrogens (tertiary/aromatic N) is 2. The summed E-state index contributed by atoms with van der Waals surface area (Å²) in [5.74, 6) is -0.922. The molecular weight excluding hydrogens is 525 g/mol. The van der Waals surface area contributed by atoms with Crippen molar-refractivity contribution in [3.63, 3.8) is 0 Å². The van der Waals surface area contributed by atoms with Crippen molar-refractivity contribution in [1.29, 1.82) is 0 Å². The molecule has 0 aliphatic rings. The van der Waals surface area contributed by atoms with Crippen LogP contribution < -0.4 is 19.6 Å². The van der Waals surface area contributed by atoms with Gasteiger partial charge in [0.15, 0.2) is 23.4 Å². The Labute approximate surface area is 221 Å². The molecular formula is C25H21Cl2N3O7. The molecule has 1 N–H and O–H groups in total. The second kappa shape index (κ2) is 12.7. The molecule has 0 bridgehead atoms. The van der Waals surface area contributed by atoms with Crippen molar-refractivity contribution < 1.29 is 28.7 Å². The summed E-state index contributed by atoms with van der Waals surface area (Å²) in [4.78, 5) is 35.4. The van der Waals surface area contributed by atoms with Crippen LogP contribution in [0.5, 0.6) is 17.2 Å². The van der Waals surface area contributed by atoms with Crippen molar-refractivity contribution in [2.24, 2.45) is 5.10 Å². The molecule has 0 aliphatic carbocycles. The van der Waals surface area contributed by atoms with Crippen LogP contribution in [0, 0.1) is 10.1 Å². The number of esters is 1. The third kappa shape index (κ3) is 7.42. The van der Waals surface area contributed by atoms with Gasteiger partial charge in [-0.05, 0) is 61.9 Å². The van der Waals surface area contributed by atoms with Crippen LogP contribution in [0.15, 0.2) is 65.8 Å². The van der Waals surface area contributed by atoms with Crippen molar-refractivity contribution in [2.75, 3.05) is 6.61 Å². The van der Waals surface area contributed by atoms with E-state index in [0.717, 1.165) is 0 Å². The lowest BCUT2D eigenvalue weighted by molar-refractivity contribution is -0.386. The first-order chi connectivity index (χ1) is 17.7. The Morgan fingerprint density at radius 3 is 2.54 bits per heavy atom. The number of amides is 1.